The average Bonchev–Trinajstić information content (AvgIpc) is 3.55. The van der Waals surface area contributed by atoms with Crippen molar-refractivity contribution in [2.24, 2.45) is 0 Å². The van der Waals surface area contributed by atoms with Gasteiger partial charge in [0.05, 0.1) is 5.69 Å². The van der Waals surface area contributed by atoms with Crippen LogP contribution in [-0.4, -0.2) is 6.71 Å². The fraction of sp³-hybridized carbons (Fsp3) is 0.0213. The molecule has 0 saturated heterocycles. The number of furan rings is 1. The van der Waals surface area contributed by atoms with E-state index in [-0.39, 0.29) is 6.71 Å². The zero-order chi connectivity index (χ0) is 34.3. The molecule has 1 aromatic heterocycles. The van der Waals surface area contributed by atoms with E-state index in [4.69, 9.17) is 9.15 Å². The minimum atomic E-state index is -0.0120. The molecular formula is C47H31BN2O2. The predicted molar refractivity (Wildman–Crippen MR) is 217 cm³/mol. The molecule has 0 fully saturated rings. The number of ether oxygens (including phenoxy) is 1. The van der Waals surface area contributed by atoms with Crippen molar-refractivity contribution in [1.82, 2.24) is 0 Å². The van der Waals surface area contributed by atoms with Crippen LogP contribution in [0.1, 0.15) is 5.56 Å². The molecule has 0 aliphatic carbocycles. The van der Waals surface area contributed by atoms with Crippen LogP contribution < -0.4 is 30.9 Å². The highest BCUT2D eigenvalue weighted by Gasteiger charge is 2.42. The lowest BCUT2D eigenvalue weighted by Crippen LogP contribution is -2.59. The lowest BCUT2D eigenvalue weighted by Gasteiger charge is -2.40. The fourth-order valence-corrected chi connectivity index (χ4v) is 8.57. The van der Waals surface area contributed by atoms with Crippen LogP contribution >= 0.6 is 0 Å². The van der Waals surface area contributed by atoms with Gasteiger partial charge in [-0.05, 0) is 101 Å². The van der Waals surface area contributed by atoms with Gasteiger partial charge in [-0.2, -0.15) is 0 Å². The number of nitrogens with zero attached hydrogens (tertiary/aromatic N) is 2. The number of aryl methyl sites for hydroxylation is 1. The molecule has 0 amide bonds. The Morgan fingerprint density at radius 1 is 0.519 bits per heavy atom. The number of hydrogen-bond donors (Lipinski definition) is 0. The summed E-state index contributed by atoms with van der Waals surface area (Å²) in [4.78, 5) is 4.70. The third-order valence-electron chi connectivity index (χ3n) is 10.7. The second-order valence-electron chi connectivity index (χ2n) is 13.8. The van der Waals surface area contributed by atoms with Crippen LogP contribution in [0.3, 0.4) is 0 Å². The summed E-state index contributed by atoms with van der Waals surface area (Å²) >= 11 is 0. The van der Waals surface area contributed by atoms with E-state index in [2.05, 4.69) is 187 Å². The number of anilines is 6. The SMILES string of the molecule is Cc1cc2c3c(c1)N(c1ccccc1)c1ccccc1B3c1cc3oc4cc(N(c5ccccc5)c5ccccc5)c5ccccc5c4c3cc1O2. The van der Waals surface area contributed by atoms with Crippen molar-refractivity contribution in [3.63, 3.8) is 0 Å². The summed E-state index contributed by atoms with van der Waals surface area (Å²) < 4.78 is 13.9. The summed E-state index contributed by atoms with van der Waals surface area (Å²) in [5.41, 5.74) is 13.1. The molecule has 5 heteroatoms. The second kappa shape index (κ2) is 11.1. The van der Waals surface area contributed by atoms with E-state index in [1.807, 2.05) is 0 Å². The Bertz CT molecular complexity index is 2810. The standard InChI is InChI=1S/C47H31BN2O2/c1-30-25-41-47-45(26-30)52-43-27-36-42(28-38(43)48(47)37-23-13-14-24-39(37)50(41)33-19-9-4-10-20-33)51-44-29-40(34-21-11-12-22-35(34)46(36)44)49(31-15-5-2-6-16-31)32-17-7-3-8-18-32/h2-29H,1H3. The van der Waals surface area contributed by atoms with Gasteiger partial charge >= 0.3 is 0 Å². The maximum atomic E-state index is 6.94. The van der Waals surface area contributed by atoms with E-state index in [1.54, 1.807) is 0 Å². The average molecular weight is 667 g/mol. The van der Waals surface area contributed by atoms with Gasteiger partial charge in [0.25, 0.3) is 6.71 Å². The number of benzene rings is 8. The van der Waals surface area contributed by atoms with Crippen LogP contribution in [0.2, 0.25) is 0 Å². The van der Waals surface area contributed by atoms with Gasteiger partial charge < -0.3 is 19.0 Å². The van der Waals surface area contributed by atoms with Gasteiger partial charge in [-0.15, -0.1) is 0 Å². The van der Waals surface area contributed by atoms with E-state index < -0.39 is 0 Å². The lowest BCUT2D eigenvalue weighted by atomic mass is 9.34. The molecule has 9 aromatic rings. The number of hydrogen-bond acceptors (Lipinski definition) is 4. The summed E-state index contributed by atoms with van der Waals surface area (Å²) in [6.07, 6.45) is 0. The topological polar surface area (TPSA) is 28.9 Å². The van der Waals surface area contributed by atoms with Gasteiger partial charge in [0.2, 0.25) is 0 Å². The molecule has 0 unspecified atom stereocenters. The van der Waals surface area contributed by atoms with Crippen molar-refractivity contribution >= 4 is 89.9 Å². The molecule has 3 heterocycles. The Morgan fingerprint density at radius 2 is 1.17 bits per heavy atom. The number of para-hydroxylation sites is 4. The van der Waals surface area contributed by atoms with Crippen LogP contribution in [0, 0.1) is 6.92 Å². The van der Waals surface area contributed by atoms with Crippen molar-refractivity contribution < 1.29 is 9.15 Å². The first-order valence-electron chi connectivity index (χ1n) is 17.8. The minimum Gasteiger partial charge on any atom is -0.458 e. The summed E-state index contributed by atoms with van der Waals surface area (Å²) in [5.74, 6) is 1.78. The number of fused-ring (bicyclic) bond motifs is 9. The minimum absolute atomic E-state index is 0.0120. The third-order valence-corrected chi connectivity index (χ3v) is 10.7. The Labute approximate surface area is 301 Å². The maximum Gasteiger partial charge on any atom is 0.256 e. The molecule has 8 aromatic carbocycles. The largest absolute Gasteiger partial charge is 0.458 e. The fourth-order valence-electron chi connectivity index (χ4n) is 8.57. The molecular weight excluding hydrogens is 635 g/mol. The number of rotatable bonds is 4. The summed E-state index contributed by atoms with van der Waals surface area (Å²) in [5, 5.41) is 4.43. The van der Waals surface area contributed by atoms with E-state index in [9.17, 15) is 0 Å². The smallest absolute Gasteiger partial charge is 0.256 e. The predicted octanol–water partition coefficient (Wildman–Crippen LogP) is 10.9. The van der Waals surface area contributed by atoms with Crippen molar-refractivity contribution in [2.45, 2.75) is 6.92 Å². The zero-order valence-corrected chi connectivity index (χ0v) is 28.5. The monoisotopic (exact) mass is 666 g/mol. The van der Waals surface area contributed by atoms with E-state index in [0.717, 1.165) is 83.7 Å². The molecule has 2 aliphatic heterocycles. The molecule has 0 atom stereocenters. The van der Waals surface area contributed by atoms with Crippen molar-refractivity contribution in [3.05, 3.63) is 175 Å². The molecule has 244 valence electrons. The van der Waals surface area contributed by atoms with Crippen LogP contribution in [0.25, 0.3) is 32.7 Å². The molecule has 0 N–H and O–H groups in total. The van der Waals surface area contributed by atoms with Gasteiger partial charge in [-0.3, -0.25) is 0 Å². The summed E-state index contributed by atoms with van der Waals surface area (Å²) in [7, 11) is 0. The Hall–Kier alpha value is -6.72. The molecule has 11 rings (SSSR count). The van der Waals surface area contributed by atoms with Crippen molar-refractivity contribution in [3.8, 4) is 11.5 Å². The van der Waals surface area contributed by atoms with Gasteiger partial charge in [0, 0.05) is 50.7 Å². The highest BCUT2D eigenvalue weighted by atomic mass is 16.5. The lowest BCUT2D eigenvalue weighted by molar-refractivity contribution is 0.487. The van der Waals surface area contributed by atoms with Crippen molar-refractivity contribution in [2.75, 3.05) is 9.80 Å². The third kappa shape index (κ3) is 4.23. The molecule has 52 heavy (non-hydrogen) atoms. The van der Waals surface area contributed by atoms with Crippen LogP contribution in [0.15, 0.2) is 174 Å². The Balaban J connectivity index is 1.16. The highest BCUT2D eigenvalue weighted by molar-refractivity contribution is 6.99. The summed E-state index contributed by atoms with van der Waals surface area (Å²) in [6.45, 7) is 2.14. The van der Waals surface area contributed by atoms with Gasteiger partial charge in [0.1, 0.15) is 22.7 Å². The second-order valence-corrected chi connectivity index (χ2v) is 13.8. The molecule has 0 saturated carbocycles. The van der Waals surface area contributed by atoms with Crippen LogP contribution in [-0.2, 0) is 0 Å². The van der Waals surface area contributed by atoms with Crippen molar-refractivity contribution in [1.29, 1.82) is 0 Å². The Kier molecular flexibility index (Phi) is 6.23. The first-order chi connectivity index (χ1) is 25.7. The molecule has 2 aliphatic rings. The quantitative estimate of drug-likeness (QED) is 0.175. The zero-order valence-electron chi connectivity index (χ0n) is 28.5. The normalized spacial score (nSPS) is 12.8. The molecule has 0 bridgehead atoms. The first kappa shape index (κ1) is 29.1. The first-order valence-corrected chi connectivity index (χ1v) is 17.8. The molecule has 4 nitrogen and oxygen atoms in total. The maximum absolute atomic E-state index is 6.94. The van der Waals surface area contributed by atoms with Crippen LogP contribution in [0.5, 0.6) is 11.5 Å². The molecule has 0 spiro atoms. The van der Waals surface area contributed by atoms with E-state index in [1.165, 1.54) is 16.6 Å². The summed E-state index contributed by atoms with van der Waals surface area (Å²) in [6, 6.07) is 60.3. The molecule has 0 radical (unpaired) electrons. The van der Waals surface area contributed by atoms with Gasteiger partial charge in [0.15, 0.2) is 0 Å². The van der Waals surface area contributed by atoms with E-state index >= 15 is 0 Å². The van der Waals surface area contributed by atoms with Crippen LogP contribution in [0.4, 0.5) is 34.1 Å². The van der Waals surface area contributed by atoms with Gasteiger partial charge in [-0.1, -0.05) is 97.1 Å². The highest BCUT2D eigenvalue weighted by Crippen LogP contribution is 2.46. The van der Waals surface area contributed by atoms with E-state index in [0.29, 0.717) is 0 Å². The van der Waals surface area contributed by atoms with Gasteiger partial charge in [-0.25, -0.2) is 0 Å². The Morgan fingerprint density at radius 3 is 1.92 bits per heavy atom.